The average Bonchev–Trinajstić information content (AvgIpc) is 3.34. The molecule has 0 bridgehead atoms. The van der Waals surface area contributed by atoms with Crippen molar-refractivity contribution in [2.24, 2.45) is 7.05 Å². The molecule has 0 saturated carbocycles. The van der Waals surface area contributed by atoms with Crippen molar-refractivity contribution in [2.45, 2.75) is 11.4 Å². The molecule has 0 spiro atoms. The van der Waals surface area contributed by atoms with Crippen LogP contribution >= 0.6 is 0 Å². The van der Waals surface area contributed by atoms with Gasteiger partial charge in [-0.3, -0.25) is 4.79 Å². The highest BCUT2D eigenvalue weighted by Crippen LogP contribution is 2.18. The average molecular weight is 414 g/mol. The minimum Gasteiger partial charge on any atom is -0.339 e. The molecule has 1 amide bonds. The Kier molecular flexibility index (Phi) is 5.25. The van der Waals surface area contributed by atoms with Gasteiger partial charge in [0.2, 0.25) is 0 Å². The Morgan fingerprint density at radius 2 is 1.72 bits per heavy atom. The van der Waals surface area contributed by atoms with E-state index in [1.54, 1.807) is 16.5 Å². The lowest BCUT2D eigenvalue weighted by Gasteiger charge is -2.21. The number of imidazole rings is 1. The van der Waals surface area contributed by atoms with E-state index in [0.717, 1.165) is 5.69 Å². The zero-order valence-corrected chi connectivity index (χ0v) is 17.0. The topological polar surface area (TPSA) is 80.4 Å². The van der Waals surface area contributed by atoms with Crippen molar-refractivity contribution in [3.63, 3.8) is 0 Å². The van der Waals surface area contributed by atoms with Crippen molar-refractivity contribution in [2.75, 3.05) is 26.2 Å². The normalized spacial score (nSPS) is 16.0. The van der Waals surface area contributed by atoms with E-state index in [9.17, 15) is 13.2 Å². The maximum absolute atomic E-state index is 12.9. The lowest BCUT2D eigenvalue weighted by atomic mass is 10.1. The zero-order valence-electron chi connectivity index (χ0n) is 16.2. The summed E-state index contributed by atoms with van der Waals surface area (Å²) < 4.78 is 30.6. The fourth-order valence-corrected chi connectivity index (χ4v) is 4.89. The molecule has 1 saturated heterocycles. The van der Waals surface area contributed by atoms with Crippen molar-refractivity contribution in [1.29, 1.82) is 0 Å². The second-order valence-electron chi connectivity index (χ2n) is 7.06. The molecule has 0 atom stereocenters. The third-order valence-electron chi connectivity index (χ3n) is 5.04. The van der Waals surface area contributed by atoms with Gasteiger partial charge in [-0.2, -0.15) is 4.31 Å². The number of aromatic nitrogens is 3. The number of amides is 1. The van der Waals surface area contributed by atoms with Gasteiger partial charge in [-0.15, -0.1) is 0 Å². The molecule has 1 aliphatic heterocycles. The minimum absolute atomic E-state index is 0.0420. The highest BCUT2D eigenvalue weighted by molar-refractivity contribution is 7.89. The Balaban J connectivity index is 1.45. The summed E-state index contributed by atoms with van der Waals surface area (Å²) in [4.78, 5) is 18.6. The van der Waals surface area contributed by atoms with Crippen LogP contribution < -0.4 is 0 Å². The molecule has 152 valence electrons. The first-order valence-electron chi connectivity index (χ1n) is 9.46. The number of hydrogen-bond acceptors (Lipinski definition) is 4. The zero-order chi connectivity index (χ0) is 20.4. The maximum Gasteiger partial charge on any atom is 0.262 e. The van der Waals surface area contributed by atoms with Gasteiger partial charge in [0.1, 0.15) is 0 Å². The number of sulfonamides is 1. The summed E-state index contributed by atoms with van der Waals surface area (Å²) in [5.41, 5.74) is 1.58. The van der Waals surface area contributed by atoms with E-state index in [-0.39, 0.29) is 17.5 Å². The molecule has 1 aliphatic rings. The highest BCUT2D eigenvalue weighted by Gasteiger charge is 2.30. The smallest absolute Gasteiger partial charge is 0.262 e. The molecule has 29 heavy (non-hydrogen) atoms. The van der Waals surface area contributed by atoms with Crippen LogP contribution in [-0.2, 0) is 17.1 Å². The molecule has 2 aromatic heterocycles. The fraction of sp³-hybridized carbons (Fsp3) is 0.300. The SMILES string of the molecule is Cn1cnc(S(=O)(=O)N2CCCN(C(=O)c3ccc(-n4cccc4)cc3)CC2)c1. The molecule has 9 heteroatoms. The van der Waals surface area contributed by atoms with Crippen molar-refractivity contribution in [1.82, 2.24) is 23.3 Å². The minimum atomic E-state index is -3.65. The first-order chi connectivity index (χ1) is 13.9. The summed E-state index contributed by atoms with van der Waals surface area (Å²) in [6, 6.07) is 11.3. The van der Waals surface area contributed by atoms with Gasteiger partial charge in [0.25, 0.3) is 15.9 Å². The van der Waals surface area contributed by atoms with Gasteiger partial charge in [-0.25, -0.2) is 13.4 Å². The molecule has 1 fully saturated rings. The molecule has 0 unspecified atom stereocenters. The molecule has 1 aromatic carbocycles. The van der Waals surface area contributed by atoms with Gasteiger partial charge in [0.05, 0.1) is 6.33 Å². The van der Waals surface area contributed by atoms with Crippen LogP contribution in [0.15, 0.2) is 66.3 Å². The summed E-state index contributed by atoms with van der Waals surface area (Å²) in [5.74, 6) is -0.0823. The Morgan fingerprint density at radius 1 is 1.00 bits per heavy atom. The van der Waals surface area contributed by atoms with Crippen molar-refractivity contribution < 1.29 is 13.2 Å². The first kappa shape index (κ1) is 19.4. The van der Waals surface area contributed by atoms with E-state index in [2.05, 4.69) is 4.98 Å². The summed E-state index contributed by atoms with van der Waals surface area (Å²) in [7, 11) is -1.92. The molecule has 0 radical (unpaired) electrons. The Bertz CT molecular complexity index is 1090. The van der Waals surface area contributed by atoms with E-state index in [4.69, 9.17) is 0 Å². The Hall–Kier alpha value is -2.91. The van der Waals surface area contributed by atoms with Gasteiger partial charge >= 0.3 is 0 Å². The van der Waals surface area contributed by atoms with Gasteiger partial charge in [-0.05, 0) is 42.8 Å². The number of benzene rings is 1. The van der Waals surface area contributed by atoms with Crippen LogP contribution in [0.25, 0.3) is 5.69 Å². The van der Waals surface area contributed by atoms with Crippen LogP contribution in [0.1, 0.15) is 16.8 Å². The molecule has 8 nitrogen and oxygen atoms in total. The van der Waals surface area contributed by atoms with Gasteiger partial charge < -0.3 is 14.0 Å². The molecule has 0 N–H and O–H groups in total. The summed E-state index contributed by atoms with van der Waals surface area (Å²) in [6.45, 7) is 1.50. The number of carbonyl (C=O) groups is 1. The molecular weight excluding hydrogens is 390 g/mol. The van der Waals surface area contributed by atoms with Crippen LogP contribution in [0.4, 0.5) is 0 Å². The van der Waals surface area contributed by atoms with Crippen LogP contribution in [0.2, 0.25) is 0 Å². The number of carbonyl (C=O) groups excluding carboxylic acids is 1. The van der Waals surface area contributed by atoms with Crippen molar-refractivity contribution >= 4 is 15.9 Å². The molecule has 3 aromatic rings. The van der Waals surface area contributed by atoms with E-state index < -0.39 is 10.0 Å². The van der Waals surface area contributed by atoms with Gasteiger partial charge in [0.15, 0.2) is 5.03 Å². The lowest BCUT2D eigenvalue weighted by Crippen LogP contribution is -2.37. The number of aryl methyl sites for hydroxylation is 1. The highest BCUT2D eigenvalue weighted by atomic mass is 32.2. The fourth-order valence-electron chi connectivity index (χ4n) is 3.46. The van der Waals surface area contributed by atoms with Crippen LogP contribution in [0.5, 0.6) is 0 Å². The lowest BCUT2D eigenvalue weighted by molar-refractivity contribution is 0.0764. The van der Waals surface area contributed by atoms with E-state index in [0.29, 0.717) is 31.6 Å². The van der Waals surface area contributed by atoms with Crippen LogP contribution in [-0.4, -0.2) is 63.8 Å². The summed E-state index contributed by atoms with van der Waals surface area (Å²) in [6.07, 6.45) is 7.44. The maximum atomic E-state index is 12.9. The van der Waals surface area contributed by atoms with Crippen LogP contribution in [0, 0.1) is 0 Å². The van der Waals surface area contributed by atoms with Crippen molar-refractivity contribution in [3.05, 3.63) is 66.9 Å². The van der Waals surface area contributed by atoms with Gasteiger partial charge in [0, 0.05) is 63.1 Å². The molecule has 0 aliphatic carbocycles. The third kappa shape index (κ3) is 3.96. The van der Waals surface area contributed by atoms with E-state index >= 15 is 0 Å². The molecule has 3 heterocycles. The summed E-state index contributed by atoms with van der Waals surface area (Å²) >= 11 is 0. The Labute approximate surface area is 170 Å². The molecular formula is C20H23N5O3S. The monoisotopic (exact) mass is 413 g/mol. The predicted octanol–water partition coefficient (Wildman–Crippen LogP) is 1.75. The first-order valence-corrected chi connectivity index (χ1v) is 10.9. The second-order valence-corrected chi connectivity index (χ2v) is 8.95. The van der Waals surface area contributed by atoms with E-state index in [1.165, 1.54) is 16.8 Å². The van der Waals surface area contributed by atoms with Crippen LogP contribution in [0.3, 0.4) is 0 Å². The molecule has 4 rings (SSSR count). The number of hydrogen-bond donors (Lipinski definition) is 0. The largest absolute Gasteiger partial charge is 0.339 e. The Morgan fingerprint density at radius 3 is 2.38 bits per heavy atom. The van der Waals surface area contributed by atoms with E-state index in [1.807, 2.05) is 53.4 Å². The number of rotatable bonds is 4. The standard InChI is InChI=1S/C20H23N5O3S/c1-22-15-19(21-16-22)29(27,28)25-12-4-11-24(13-14-25)20(26)17-5-7-18(8-6-17)23-9-2-3-10-23/h2-3,5-10,15-16H,4,11-14H2,1H3. The summed E-state index contributed by atoms with van der Waals surface area (Å²) in [5, 5.41) is 0.0420. The third-order valence-corrected chi connectivity index (χ3v) is 6.83. The predicted molar refractivity (Wildman–Crippen MR) is 108 cm³/mol. The van der Waals surface area contributed by atoms with Crippen molar-refractivity contribution in [3.8, 4) is 5.69 Å². The second kappa shape index (κ2) is 7.84. The number of nitrogens with zero attached hydrogens (tertiary/aromatic N) is 5. The van der Waals surface area contributed by atoms with Gasteiger partial charge in [-0.1, -0.05) is 0 Å². The quantitative estimate of drug-likeness (QED) is 0.653.